The van der Waals surface area contributed by atoms with E-state index in [0.717, 1.165) is 31.5 Å². The van der Waals surface area contributed by atoms with Crippen molar-refractivity contribution in [1.29, 1.82) is 0 Å². The van der Waals surface area contributed by atoms with E-state index in [9.17, 15) is 10.2 Å². The molecule has 56 heavy (non-hydrogen) atoms. The van der Waals surface area contributed by atoms with Crippen molar-refractivity contribution in [3.8, 4) is 0 Å². The van der Waals surface area contributed by atoms with E-state index in [-0.39, 0.29) is 6.10 Å². The van der Waals surface area contributed by atoms with Crippen LogP contribution in [0.15, 0.2) is 0 Å². The van der Waals surface area contributed by atoms with Crippen LogP contribution in [0.4, 0.5) is 0 Å². The Balaban J connectivity index is 0. The fraction of sp³-hybridized carbons (Fsp3) is 1.00. The lowest BCUT2D eigenvalue weighted by Gasteiger charge is -2.41. The maximum atomic E-state index is 9.27. The molecule has 2 N–H and O–H groups in total. The van der Waals surface area contributed by atoms with Crippen LogP contribution < -0.4 is 0 Å². The van der Waals surface area contributed by atoms with Gasteiger partial charge in [0.1, 0.15) is 0 Å². The van der Waals surface area contributed by atoms with Gasteiger partial charge in [0.15, 0.2) is 33.3 Å². The van der Waals surface area contributed by atoms with Gasteiger partial charge in [-0.05, 0) is 170 Å². The van der Waals surface area contributed by atoms with E-state index in [1.54, 1.807) is 13.8 Å². The predicted octanol–water partition coefficient (Wildman–Crippen LogP) is 9.34. The Hall–Kier alpha value is 1.26. The molecule has 0 spiro atoms. The summed E-state index contributed by atoms with van der Waals surface area (Å²) in [7, 11) is -15.9. The zero-order valence-corrected chi connectivity index (χ0v) is 48.4. The molecule has 6 unspecified atom stereocenters. The summed E-state index contributed by atoms with van der Waals surface area (Å²) in [6, 6.07) is 1.79. The van der Waals surface area contributed by atoms with Gasteiger partial charge < -0.3 is 53.9 Å². The molecule has 0 radical (unpaired) electrons. The topological polar surface area (TPSA) is 136 Å². The fourth-order valence-corrected chi connectivity index (χ4v) is 41.9. The van der Waals surface area contributed by atoms with Crippen molar-refractivity contribution >= 4 is 67.5 Å². The number of rotatable bonds is 27. The van der Waals surface area contributed by atoms with E-state index < -0.39 is 79.7 Å². The Morgan fingerprint density at radius 2 is 0.804 bits per heavy atom. The molecule has 12 nitrogen and oxygen atoms in total. The monoisotopic (exact) mass is 940 g/mol. The molecule has 340 valence electrons. The molecular weight excluding hydrogens is 849 g/mol. The molecule has 0 aromatic heterocycles. The number of aliphatic hydroxyl groups is 2. The molecule has 6 atom stereocenters. The molecule has 0 aromatic carbocycles. The average Bonchev–Trinajstić information content (AvgIpc) is 3.68. The third kappa shape index (κ3) is 40.7. The van der Waals surface area contributed by atoms with E-state index in [1.165, 1.54) is 0 Å². The molecular formula is C36H92O12Si8. The van der Waals surface area contributed by atoms with Crippen molar-refractivity contribution in [2.75, 3.05) is 39.6 Å². The lowest BCUT2D eigenvalue weighted by atomic mass is 10.4. The smallest absolute Gasteiger partial charge is 0.315 e. The van der Waals surface area contributed by atoms with Crippen LogP contribution in [-0.4, -0.2) is 142 Å². The quantitative estimate of drug-likeness (QED) is 0.0462. The van der Waals surface area contributed by atoms with Crippen LogP contribution in [0.3, 0.4) is 0 Å². The maximum absolute atomic E-state index is 9.27. The molecule has 0 aromatic rings. The van der Waals surface area contributed by atoms with Crippen molar-refractivity contribution in [2.45, 2.75) is 195 Å². The van der Waals surface area contributed by atoms with Crippen molar-refractivity contribution < 1.29 is 53.9 Å². The molecule has 0 bridgehead atoms. The third-order valence-corrected chi connectivity index (χ3v) is 33.8. The zero-order chi connectivity index (χ0) is 44.5. The minimum atomic E-state index is -2.35. The first-order valence-electron chi connectivity index (χ1n) is 20.8. The Morgan fingerprint density at radius 1 is 0.500 bits per heavy atom. The summed E-state index contributed by atoms with van der Waals surface area (Å²) in [5, 5.41) is 18.5. The van der Waals surface area contributed by atoms with Crippen LogP contribution in [0.25, 0.3) is 0 Å². The molecule has 0 amide bonds. The van der Waals surface area contributed by atoms with Gasteiger partial charge in [-0.3, -0.25) is 0 Å². The van der Waals surface area contributed by atoms with Gasteiger partial charge in [-0.15, -0.1) is 0 Å². The normalized spacial score (nSPS) is 19.4. The van der Waals surface area contributed by atoms with Gasteiger partial charge in [0.2, 0.25) is 0 Å². The Labute approximate surface area is 354 Å². The lowest BCUT2D eigenvalue weighted by molar-refractivity contribution is -0.0364. The first-order chi connectivity index (χ1) is 24.9. The zero-order valence-electron chi connectivity index (χ0n) is 40.4. The number of hydrogen-bond donors (Lipinski definition) is 2. The van der Waals surface area contributed by atoms with Crippen LogP contribution in [0, 0.1) is 0 Å². The van der Waals surface area contributed by atoms with Crippen LogP contribution in [-0.2, 0) is 43.6 Å². The molecule has 1 heterocycles. The Bertz CT molecular complexity index is 1030. The first kappa shape index (κ1) is 59.3. The molecule has 20 heteroatoms. The molecule has 1 aliphatic rings. The van der Waals surface area contributed by atoms with Crippen LogP contribution in [0.1, 0.15) is 40.5 Å². The van der Waals surface area contributed by atoms with Crippen molar-refractivity contribution in [1.82, 2.24) is 0 Å². The summed E-state index contributed by atoms with van der Waals surface area (Å²) < 4.78 is 60.6. The second kappa shape index (κ2) is 26.0. The largest absolute Gasteiger partial charge is 0.437 e. The van der Waals surface area contributed by atoms with Crippen molar-refractivity contribution in [2.24, 2.45) is 0 Å². The average molecular weight is 942 g/mol. The number of aliphatic hydroxyl groups excluding tert-OH is 2. The van der Waals surface area contributed by atoms with Gasteiger partial charge in [0, 0.05) is 13.2 Å². The predicted molar refractivity (Wildman–Crippen MR) is 253 cm³/mol. The highest BCUT2D eigenvalue weighted by atomic mass is 28.5. The maximum Gasteiger partial charge on any atom is 0.315 e. The van der Waals surface area contributed by atoms with E-state index in [4.69, 9.17) is 43.6 Å². The highest BCUT2D eigenvalue weighted by Gasteiger charge is 2.45. The standard InChI is InChI=1S/C18H46O6Si4.C15H40O5Si4.C3H6O/c1-17(19)15-21-18(2)16-20-13-12-14-28(11,23-26(6,7)8)24-27(9,10)22-25(3,4)5;1-15(16)14-17-12-11-13-24(10,19-22(5,6)7)20-23(8,9)18-21(2,3)4;1-3-2-4-3/h17-19H,12-16H2,1-11H3;15-16H,11-14H2,1-10H3;3H,2H2,1H3. The van der Waals surface area contributed by atoms with E-state index in [0.29, 0.717) is 39.1 Å². The second-order valence-electron chi connectivity index (χ2n) is 20.5. The number of hydrogen-bond acceptors (Lipinski definition) is 12. The summed E-state index contributed by atoms with van der Waals surface area (Å²) >= 11 is 0. The third-order valence-electron chi connectivity index (χ3n) is 6.74. The Kier molecular flexibility index (Phi) is 27.6. The van der Waals surface area contributed by atoms with Crippen molar-refractivity contribution in [3.05, 3.63) is 0 Å². The molecule has 0 aliphatic carbocycles. The first-order valence-corrected chi connectivity index (χ1v) is 45.1. The summed E-state index contributed by atoms with van der Waals surface area (Å²) in [6.45, 7) is 50.4. The van der Waals surface area contributed by atoms with E-state index in [2.05, 4.69) is 125 Å². The summed E-state index contributed by atoms with van der Waals surface area (Å²) in [6.07, 6.45) is 1.48. The van der Waals surface area contributed by atoms with Gasteiger partial charge >= 0.3 is 34.2 Å². The van der Waals surface area contributed by atoms with Gasteiger partial charge in [-0.25, -0.2) is 0 Å². The van der Waals surface area contributed by atoms with Crippen LogP contribution in [0.5, 0.6) is 0 Å². The number of ether oxygens (including phenoxy) is 4. The van der Waals surface area contributed by atoms with E-state index in [1.807, 2.05) is 6.92 Å². The fourth-order valence-electron chi connectivity index (χ4n) is 6.04. The number of epoxide rings is 1. The summed E-state index contributed by atoms with van der Waals surface area (Å²) in [5.41, 5.74) is 0. The highest BCUT2D eigenvalue weighted by Crippen LogP contribution is 2.29. The van der Waals surface area contributed by atoms with Gasteiger partial charge in [-0.1, -0.05) is 0 Å². The molecule has 1 saturated heterocycles. The second-order valence-corrected chi connectivity index (χ2v) is 53.4. The summed E-state index contributed by atoms with van der Waals surface area (Å²) in [5.74, 6) is 0. The summed E-state index contributed by atoms with van der Waals surface area (Å²) in [4.78, 5) is 0. The minimum absolute atomic E-state index is 0.0239. The molecule has 1 fully saturated rings. The van der Waals surface area contributed by atoms with Gasteiger partial charge in [0.05, 0.1) is 50.8 Å². The Morgan fingerprint density at radius 3 is 1.07 bits per heavy atom. The lowest BCUT2D eigenvalue weighted by Crippen LogP contribution is -2.56. The van der Waals surface area contributed by atoms with Gasteiger partial charge in [0.25, 0.3) is 0 Å². The van der Waals surface area contributed by atoms with Crippen LogP contribution >= 0.6 is 0 Å². The minimum Gasteiger partial charge on any atom is -0.437 e. The molecule has 1 rings (SSSR count). The molecule has 1 aliphatic heterocycles. The highest BCUT2D eigenvalue weighted by molar-refractivity contribution is 6.90. The van der Waals surface area contributed by atoms with Crippen LogP contribution in [0.2, 0.25) is 130 Å². The SMILES string of the molecule is CC(O)COC(C)COCCC[Si](C)(O[Si](C)(C)C)O[Si](C)(C)O[Si](C)(C)C.CC(O)COCCC[Si](C)(O[Si](C)(C)C)O[Si](C)(C)O[Si](C)(C)C.CC1CO1. The van der Waals surface area contributed by atoms with Crippen molar-refractivity contribution in [3.63, 3.8) is 0 Å². The van der Waals surface area contributed by atoms with E-state index >= 15 is 0 Å². The van der Waals surface area contributed by atoms with Gasteiger partial charge in [-0.2, -0.15) is 0 Å². The molecule has 0 saturated carbocycles.